The summed E-state index contributed by atoms with van der Waals surface area (Å²) >= 11 is 0. The smallest absolute Gasteiger partial charge is 0.410 e. The minimum absolute atomic E-state index is 0.0621. The molecule has 6 nitrogen and oxygen atoms in total. The molecule has 1 fully saturated rings. The van der Waals surface area contributed by atoms with Gasteiger partial charge < -0.3 is 14.4 Å². The summed E-state index contributed by atoms with van der Waals surface area (Å²) in [5, 5.41) is 0. The van der Waals surface area contributed by atoms with Crippen molar-refractivity contribution in [2.75, 3.05) is 13.1 Å². The maximum Gasteiger partial charge on any atom is 0.410 e. The van der Waals surface area contributed by atoms with Crippen molar-refractivity contribution in [2.45, 2.75) is 45.3 Å². The number of hydrogen-bond acceptors (Lipinski definition) is 5. The van der Waals surface area contributed by atoms with Gasteiger partial charge in [0.1, 0.15) is 11.7 Å². The monoisotopic (exact) mass is 279 g/mol. The maximum atomic E-state index is 12.0. The third kappa shape index (κ3) is 4.36. The molecular formula is C14H21N3O3. The van der Waals surface area contributed by atoms with Crippen LogP contribution in [0, 0.1) is 0 Å². The Labute approximate surface area is 119 Å². The van der Waals surface area contributed by atoms with Gasteiger partial charge in [0.15, 0.2) is 0 Å². The molecule has 0 saturated carbocycles. The second kappa shape index (κ2) is 6.07. The summed E-state index contributed by atoms with van der Waals surface area (Å²) in [6.45, 7) is 6.81. The van der Waals surface area contributed by atoms with E-state index in [-0.39, 0.29) is 12.2 Å². The summed E-state index contributed by atoms with van der Waals surface area (Å²) in [5.41, 5.74) is -0.476. The van der Waals surface area contributed by atoms with E-state index in [0.717, 1.165) is 12.8 Å². The van der Waals surface area contributed by atoms with E-state index in [4.69, 9.17) is 9.47 Å². The molecule has 6 heteroatoms. The first-order valence-corrected chi connectivity index (χ1v) is 6.84. The molecule has 1 aromatic rings. The van der Waals surface area contributed by atoms with Crippen LogP contribution >= 0.6 is 0 Å². The molecule has 110 valence electrons. The topological polar surface area (TPSA) is 64.5 Å². The minimum atomic E-state index is -0.476. The van der Waals surface area contributed by atoms with E-state index in [2.05, 4.69) is 9.97 Å². The summed E-state index contributed by atoms with van der Waals surface area (Å²) in [6.07, 6.45) is 6.20. The molecule has 1 saturated heterocycles. The molecule has 20 heavy (non-hydrogen) atoms. The highest BCUT2D eigenvalue weighted by Gasteiger charge is 2.28. The molecule has 0 bridgehead atoms. The number of carbonyl (C=O) groups excluding carboxylic acids is 1. The van der Waals surface area contributed by atoms with Crippen molar-refractivity contribution in [1.29, 1.82) is 0 Å². The van der Waals surface area contributed by atoms with Gasteiger partial charge in [-0.15, -0.1) is 0 Å². The Morgan fingerprint density at radius 2 is 2.20 bits per heavy atom. The molecule has 0 radical (unpaired) electrons. The highest BCUT2D eigenvalue weighted by atomic mass is 16.6. The summed E-state index contributed by atoms with van der Waals surface area (Å²) in [6, 6.07) is 0. The Hall–Kier alpha value is -1.85. The largest absolute Gasteiger partial charge is 0.471 e. The van der Waals surface area contributed by atoms with Crippen LogP contribution in [0.5, 0.6) is 5.88 Å². The summed E-state index contributed by atoms with van der Waals surface area (Å²) < 4.78 is 11.1. The van der Waals surface area contributed by atoms with E-state index >= 15 is 0 Å². The lowest BCUT2D eigenvalue weighted by Crippen LogP contribution is -2.46. The van der Waals surface area contributed by atoms with Gasteiger partial charge in [0.2, 0.25) is 5.88 Å². The molecule has 1 amide bonds. The first-order chi connectivity index (χ1) is 9.44. The molecule has 1 aliphatic rings. The van der Waals surface area contributed by atoms with Crippen molar-refractivity contribution in [3.63, 3.8) is 0 Å². The van der Waals surface area contributed by atoms with Crippen LogP contribution in [0.4, 0.5) is 4.79 Å². The van der Waals surface area contributed by atoms with Crippen molar-refractivity contribution in [3.05, 3.63) is 18.6 Å². The molecule has 1 aliphatic heterocycles. The quantitative estimate of drug-likeness (QED) is 0.830. The van der Waals surface area contributed by atoms with E-state index in [1.54, 1.807) is 23.5 Å². The Kier molecular flexibility index (Phi) is 4.42. The Bertz CT molecular complexity index is 445. The van der Waals surface area contributed by atoms with E-state index in [0.29, 0.717) is 19.0 Å². The van der Waals surface area contributed by atoms with Crippen molar-refractivity contribution in [3.8, 4) is 5.88 Å². The number of amides is 1. The fourth-order valence-corrected chi connectivity index (χ4v) is 2.04. The van der Waals surface area contributed by atoms with Gasteiger partial charge in [0, 0.05) is 18.9 Å². The zero-order chi connectivity index (χ0) is 14.6. The van der Waals surface area contributed by atoms with Gasteiger partial charge in [-0.1, -0.05) is 0 Å². The standard InChI is InChI=1S/C14H21N3O3/c1-14(2,3)20-13(18)17-8-4-5-11(10-17)19-12-9-15-6-7-16-12/h6-7,9,11H,4-5,8,10H2,1-3H3/t11-/m1/s1. The average molecular weight is 279 g/mol. The Morgan fingerprint density at radius 3 is 2.85 bits per heavy atom. The number of hydrogen-bond donors (Lipinski definition) is 0. The highest BCUT2D eigenvalue weighted by molar-refractivity contribution is 5.68. The van der Waals surface area contributed by atoms with Gasteiger partial charge in [0.05, 0.1) is 12.7 Å². The third-order valence-electron chi connectivity index (χ3n) is 2.86. The molecule has 1 aromatic heterocycles. The molecule has 0 N–H and O–H groups in total. The van der Waals surface area contributed by atoms with Crippen molar-refractivity contribution >= 4 is 6.09 Å². The van der Waals surface area contributed by atoms with Crippen LogP contribution in [0.25, 0.3) is 0 Å². The fourth-order valence-electron chi connectivity index (χ4n) is 2.04. The van der Waals surface area contributed by atoms with Crippen molar-refractivity contribution in [1.82, 2.24) is 14.9 Å². The van der Waals surface area contributed by atoms with E-state index < -0.39 is 5.60 Å². The number of nitrogens with zero attached hydrogens (tertiary/aromatic N) is 3. The van der Waals surface area contributed by atoms with Crippen LogP contribution in [0.1, 0.15) is 33.6 Å². The van der Waals surface area contributed by atoms with Gasteiger partial charge in [-0.3, -0.25) is 4.98 Å². The second-order valence-corrected chi connectivity index (χ2v) is 5.85. The van der Waals surface area contributed by atoms with Crippen molar-refractivity contribution in [2.24, 2.45) is 0 Å². The summed E-state index contributed by atoms with van der Waals surface area (Å²) in [5.74, 6) is 0.489. The molecule has 0 aliphatic carbocycles. The van der Waals surface area contributed by atoms with Crippen LogP contribution in [0.15, 0.2) is 18.6 Å². The molecule has 2 rings (SSSR count). The number of ether oxygens (including phenoxy) is 2. The Morgan fingerprint density at radius 1 is 1.40 bits per heavy atom. The van der Waals surface area contributed by atoms with E-state index in [1.165, 1.54) is 0 Å². The van der Waals surface area contributed by atoms with Crippen LogP contribution in [0.2, 0.25) is 0 Å². The van der Waals surface area contributed by atoms with E-state index in [9.17, 15) is 4.79 Å². The van der Waals surface area contributed by atoms with Crippen LogP contribution in [0.3, 0.4) is 0 Å². The van der Waals surface area contributed by atoms with Crippen LogP contribution in [-0.4, -0.2) is 45.8 Å². The predicted molar refractivity (Wildman–Crippen MR) is 73.5 cm³/mol. The number of carbonyl (C=O) groups is 1. The van der Waals surface area contributed by atoms with Gasteiger partial charge in [0.25, 0.3) is 0 Å². The lowest BCUT2D eigenvalue weighted by Gasteiger charge is -2.33. The zero-order valence-electron chi connectivity index (χ0n) is 12.2. The number of likely N-dealkylation sites (tertiary alicyclic amines) is 1. The Balaban J connectivity index is 1.90. The molecule has 0 aromatic carbocycles. The molecule has 2 heterocycles. The summed E-state index contributed by atoms with van der Waals surface area (Å²) in [4.78, 5) is 21.8. The molecule has 1 atom stereocenters. The maximum absolute atomic E-state index is 12.0. The number of aromatic nitrogens is 2. The normalized spacial score (nSPS) is 19.6. The lowest BCUT2D eigenvalue weighted by molar-refractivity contribution is 0.00718. The van der Waals surface area contributed by atoms with Crippen LogP contribution in [-0.2, 0) is 4.74 Å². The fraction of sp³-hybridized carbons (Fsp3) is 0.643. The van der Waals surface area contributed by atoms with Crippen molar-refractivity contribution < 1.29 is 14.3 Å². The van der Waals surface area contributed by atoms with Gasteiger partial charge >= 0.3 is 6.09 Å². The molecular weight excluding hydrogens is 258 g/mol. The SMILES string of the molecule is CC(C)(C)OC(=O)N1CCC[C@@H](Oc2cnccn2)C1. The van der Waals surface area contributed by atoms with Gasteiger partial charge in [-0.05, 0) is 33.6 Å². The third-order valence-corrected chi connectivity index (χ3v) is 2.86. The predicted octanol–water partition coefficient (Wildman–Crippen LogP) is 2.25. The average Bonchev–Trinajstić information content (AvgIpc) is 2.38. The number of rotatable bonds is 2. The first kappa shape index (κ1) is 14.6. The minimum Gasteiger partial charge on any atom is -0.471 e. The number of piperidine rings is 1. The second-order valence-electron chi connectivity index (χ2n) is 5.85. The van der Waals surface area contributed by atoms with Crippen LogP contribution < -0.4 is 4.74 Å². The summed E-state index contributed by atoms with van der Waals surface area (Å²) in [7, 11) is 0. The first-order valence-electron chi connectivity index (χ1n) is 6.84. The molecule has 0 unspecified atom stereocenters. The van der Waals surface area contributed by atoms with Gasteiger partial charge in [-0.25, -0.2) is 9.78 Å². The zero-order valence-corrected chi connectivity index (χ0v) is 12.2. The van der Waals surface area contributed by atoms with Gasteiger partial charge in [-0.2, -0.15) is 0 Å². The molecule has 0 spiro atoms. The lowest BCUT2D eigenvalue weighted by atomic mass is 10.1. The highest BCUT2D eigenvalue weighted by Crippen LogP contribution is 2.18. The van der Waals surface area contributed by atoms with E-state index in [1.807, 2.05) is 20.8 Å².